The van der Waals surface area contributed by atoms with Crippen molar-refractivity contribution in [3.8, 4) is 0 Å². The van der Waals surface area contributed by atoms with E-state index in [9.17, 15) is 0 Å². The summed E-state index contributed by atoms with van der Waals surface area (Å²) in [4.78, 5) is 16.8. The van der Waals surface area contributed by atoms with Crippen LogP contribution in [-0.4, -0.2) is 43.9 Å². The molecule has 21 heavy (non-hydrogen) atoms. The Bertz CT molecular complexity index is 572. The van der Waals surface area contributed by atoms with Crippen molar-refractivity contribution in [3.05, 3.63) is 0 Å². The summed E-state index contributed by atoms with van der Waals surface area (Å²) < 4.78 is 6.29. The van der Waals surface area contributed by atoms with E-state index in [2.05, 4.69) is 53.8 Å². The minimum atomic E-state index is -1.98. The quantitative estimate of drug-likeness (QED) is 0.765. The molecule has 2 rings (SSSR count). The first-order valence-electron chi connectivity index (χ1n) is 6.99. The number of aliphatic imine (C=N–C) groups is 4. The largest absolute Gasteiger partial charge is 0.408 e. The fraction of sp³-hybridized carbons (Fsp3) is 0.692. The molecule has 2 atom stereocenters. The van der Waals surface area contributed by atoms with Crippen LogP contribution in [0.5, 0.6) is 0 Å². The van der Waals surface area contributed by atoms with Crippen LogP contribution < -0.4 is 11.5 Å². The minimum Gasteiger partial charge on any atom is -0.408 e. The van der Waals surface area contributed by atoms with Crippen LogP contribution in [0.15, 0.2) is 20.0 Å². The Balaban J connectivity index is 2.27. The Labute approximate surface area is 126 Å². The number of nitrogens with zero attached hydrogens (tertiary/aromatic N) is 4. The van der Waals surface area contributed by atoms with Gasteiger partial charge in [0, 0.05) is 0 Å². The Hall–Kier alpha value is -1.38. The molecule has 0 saturated carbocycles. The summed E-state index contributed by atoms with van der Waals surface area (Å²) in [5.74, 6) is -0.573. The van der Waals surface area contributed by atoms with Crippen molar-refractivity contribution in [2.75, 3.05) is 0 Å². The maximum Gasteiger partial charge on any atom is 0.231 e. The molecule has 0 bridgehead atoms. The number of hydrogen-bond acceptors (Lipinski definition) is 7. The van der Waals surface area contributed by atoms with Gasteiger partial charge in [0.1, 0.15) is 12.4 Å². The smallest absolute Gasteiger partial charge is 0.231 e. The fourth-order valence-corrected chi connectivity index (χ4v) is 3.26. The molecule has 0 spiro atoms. The second kappa shape index (κ2) is 4.82. The molecule has 8 heteroatoms. The van der Waals surface area contributed by atoms with Gasteiger partial charge in [-0.15, -0.1) is 0 Å². The SMILES string of the molecule is CC(O[Si](C)(C)C(C)(C)C)C1(N)N=C(N)C2=NC=NC2=N1. The Kier molecular flexibility index (Phi) is 3.67. The van der Waals surface area contributed by atoms with Crippen LogP contribution in [0.1, 0.15) is 27.7 Å². The predicted octanol–water partition coefficient (Wildman–Crippen LogP) is 1.26. The molecule has 0 amide bonds. The summed E-state index contributed by atoms with van der Waals surface area (Å²) in [5.41, 5.74) is 12.7. The molecular formula is C13H24N6OSi. The average Bonchev–Trinajstić information content (AvgIpc) is 2.74. The lowest BCUT2D eigenvalue weighted by Crippen LogP contribution is -2.57. The van der Waals surface area contributed by atoms with Gasteiger partial charge in [0.15, 0.2) is 25.7 Å². The van der Waals surface area contributed by atoms with E-state index in [0.29, 0.717) is 11.5 Å². The van der Waals surface area contributed by atoms with Gasteiger partial charge in [-0.3, -0.25) is 5.73 Å². The summed E-state index contributed by atoms with van der Waals surface area (Å²) in [5, 5.41) is 0.0762. The zero-order valence-corrected chi connectivity index (χ0v) is 14.5. The minimum absolute atomic E-state index is 0.0762. The van der Waals surface area contributed by atoms with Gasteiger partial charge in [-0.25, -0.2) is 20.0 Å². The molecule has 0 aromatic rings. The van der Waals surface area contributed by atoms with E-state index in [-0.39, 0.29) is 10.9 Å². The van der Waals surface area contributed by atoms with Crippen molar-refractivity contribution in [1.29, 1.82) is 0 Å². The third kappa shape index (κ3) is 2.83. The first-order valence-corrected chi connectivity index (χ1v) is 9.90. The monoisotopic (exact) mass is 308 g/mol. The van der Waals surface area contributed by atoms with Gasteiger partial charge in [0.25, 0.3) is 0 Å². The van der Waals surface area contributed by atoms with Crippen LogP contribution in [-0.2, 0) is 4.43 Å². The number of fused-ring (bicyclic) bond motifs is 1. The van der Waals surface area contributed by atoms with Crippen LogP contribution in [0.25, 0.3) is 0 Å². The van der Waals surface area contributed by atoms with Crippen molar-refractivity contribution < 1.29 is 4.43 Å². The zero-order chi connectivity index (χ0) is 16.1. The van der Waals surface area contributed by atoms with E-state index >= 15 is 0 Å². The lowest BCUT2D eigenvalue weighted by atomic mass is 10.2. The summed E-state index contributed by atoms with van der Waals surface area (Å²) in [6.45, 7) is 12.7. The van der Waals surface area contributed by atoms with Gasteiger partial charge in [-0.05, 0) is 25.1 Å². The van der Waals surface area contributed by atoms with Gasteiger partial charge in [-0.1, -0.05) is 20.8 Å². The second-order valence-corrected chi connectivity index (χ2v) is 11.7. The summed E-state index contributed by atoms with van der Waals surface area (Å²) in [7, 11) is -1.98. The zero-order valence-electron chi connectivity index (χ0n) is 13.5. The second-order valence-electron chi connectivity index (χ2n) is 6.96. The van der Waals surface area contributed by atoms with Gasteiger partial charge in [-0.2, -0.15) is 0 Å². The van der Waals surface area contributed by atoms with E-state index in [1.807, 2.05) is 6.92 Å². The molecule has 2 aliphatic rings. The third-order valence-electron chi connectivity index (χ3n) is 4.28. The molecule has 0 aromatic heterocycles. The first-order chi connectivity index (χ1) is 9.46. The number of amidine groups is 2. The summed E-state index contributed by atoms with van der Waals surface area (Å²) >= 11 is 0. The van der Waals surface area contributed by atoms with Crippen molar-refractivity contribution in [2.24, 2.45) is 31.4 Å². The maximum absolute atomic E-state index is 6.31. The van der Waals surface area contributed by atoms with Crippen LogP contribution >= 0.6 is 0 Å². The van der Waals surface area contributed by atoms with Gasteiger partial charge >= 0.3 is 0 Å². The maximum atomic E-state index is 6.31. The summed E-state index contributed by atoms with van der Waals surface area (Å²) in [6, 6.07) is 0. The van der Waals surface area contributed by atoms with Gasteiger partial charge in [0.05, 0.1) is 0 Å². The van der Waals surface area contributed by atoms with Crippen LogP contribution in [0.2, 0.25) is 18.1 Å². The highest BCUT2D eigenvalue weighted by Gasteiger charge is 2.45. The van der Waals surface area contributed by atoms with Crippen molar-refractivity contribution in [2.45, 2.75) is 57.7 Å². The van der Waals surface area contributed by atoms with Crippen LogP contribution in [0, 0.1) is 0 Å². The highest BCUT2D eigenvalue weighted by atomic mass is 28.4. The molecule has 7 nitrogen and oxygen atoms in total. The molecule has 0 saturated heterocycles. The number of nitrogens with two attached hydrogens (primary N) is 2. The lowest BCUT2D eigenvalue weighted by molar-refractivity contribution is 0.119. The Morgan fingerprint density at radius 3 is 2.48 bits per heavy atom. The van der Waals surface area contributed by atoms with Gasteiger partial charge < -0.3 is 10.2 Å². The van der Waals surface area contributed by atoms with E-state index in [0.717, 1.165) is 0 Å². The standard InChI is InChI=1S/C13H24N6OSi/c1-8(20-21(5,6)12(2,3)4)13(15)18-10(14)9-11(19-13)17-7-16-9/h7-8H,15H2,1-6H3,(H2,14,18). The van der Waals surface area contributed by atoms with Crippen LogP contribution in [0.3, 0.4) is 0 Å². The van der Waals surface area contributed by atoms with Crippen molar-refractivity contribution >= 4 is 32.0 Å². The van der Waals surface area contributed by atoms with E-state index in [1.165, 1.54) is 6.34 Å². The molecule has 2 heterocycles. The Morgan fingerprint density at radius 2 is 1.90 bits per heavy atom. The molecular weight excluding hydrogens is 284 g/mol. The Morgan fingerprint density at radius 1 is 1.29 bits per heavy atom. The highest BCUT2D eigenvalue weighted by molar-refractivity contribution is 6.74. The molecule has 116 valence electrons. The molecule has 0 radical (unpaired) electrons. The molecule has 2 aliphatic heterocycles. The summed E-state index contributed by atoms with van der Waals surface area (Å²) in [6.07, 6.45) is 1.00. The average molecular weight is 308 g/mol. The van der Waals surface area contributed by atoms with Gasteiger partial charge in [0.2, 0.25) is 5.79 Å². The lowest BCUT2D eigenvalue weighted by Gasteiger charge is -2.41. The third-order valence-corrected chi connectivity index (χ3v) is 8.84. The molecule has 0 aromatic carbocycles. The predicted molar refractivity (Wildman–Crippen MR) is 89.6 cm³/mol. The molecule has 4 N–H and O–H groups in total. The topological polar surface area (TPSA) is 111 Å². The molecule has 0 aliphatic carbocycles. The van der Waals surface area contributed by atoms with Crippen LogP contribution in [0.4, 0.5) is 0 Å². The number of rotatable bonds is 3. The van der Waals surface area contributed by atoms with Crippen molar-refractivity contribution in [1.82, 2.24) is 0 Å². The highest BCUT2D eigenvalue weighted by Crippen LogP contribution is 2.38. The van der Waals surface area contributed by atoms with E-state index in [4.69, 9.17) is 15.9 Å². The molecule has 2 unspecified atom stereocenters. The molecule has 0 fully saturated rings. The number of hydrogen-bond donors (Lipinski definition) is 2. The normalized spacial score (nSPS) is 26.9. The van der Waals surface area contributed by atoms with E-state index in [1.54, 1.807) is 0 Å². The fourth-order valence-electron chi connectivity index (χ4n) is 1.85. The van der Waals surface area contributed by atoms with Crippen molar-refractivity contribution in [3.63, 3.8) is 0 Å². The first kappa shape index (κ1) is 16.0. The van der Waals surface area contributed by atoms with E-state index < -0.39 is 20.2 Å².